The first-order valence-electron chi connectivity index (χ1n) is 6.34. The summed E-state index contributed by atoms with van der Waals surface area (Å²) in [5, 5.41) is 3.53. The van der Waals surface area contributed by atoms with Gasteiger partial charge in [0.05, 0.1) is 18.8 Å². The van der Waals surface area contributed by atoms with Crippen LogP contribution < -0.4 is 5.32 Å². The highest BCUT2D eigenvalue weighted by Crippen LogP contribution is 2.27. The summed E-state index contributed by atoms with van der Waals surface area (Å²) in [6.45, 7) is 7.98. The van der Waals surface area contributed by atoms with Gasteiger partial charge in [0.1, 0.15) is 0 Å². The van der Waals surface area contributed by atoms with E-state index < -0.39 is 0 Å². The number of hydrogen-bond acceptors (Lipinski definition) is 2. The molecule has 18 heavy (non-hydrogen) atoms. The van der Waals surface area contributed by atoms with E-state index in [1.807, 2.05) is 0 Å². The standard InChI is InChI=1S/C14H21Br2NO/c1-4-7-17-14(9-18-10(2)3)12-6-5-11(15)8-13(12)16/h5-6,8,10,14,17H,4,7,9H2,1-3H3. The van der Waals surface area contributed by atoms with Crippen LogP contribution in [0.5, 0.6) is 0 Å². The number of hydrogen-bond donors (Lipinski definition) is 1. The molecule has 1 unspecified atom stereocenters. The first-order valence-corrected chi connectivity index (χ1v) is 7.93. The van der Waals surface area contributed by atoms with Crippen molar-refractivity contribution in [2.45, 2.75) is 39.3 Å². The third-order valence-electron chi connectivity index (χ3n) is 2.57. The second-order valence-electron chi connectivity index (χ2n) is 4.55. The lowest BCUT2D eigenvalue weighted by molar-refractivity contribution is 0.0610. The van der Waals surface area contributed by atoms with Crippen molar-refractivity contribution in [2.75, 3.05) is 13.2 Å². The average molecular weight is 379 g/mol. The monoisotopic (exact) mass is 377 g/mol. The Kier molecular flexibility index (Phi) is 7.46. The van der Waals surface area contributed by atoms with Crippen LogP contribution in [0, 0.1) is 0 Å². The summed E-state index contributed by atoms with van der Waals surface area (Å²) < 4.78 is 7.94. The molecule has 1 aromatic carbocycles. The lowest BCUT2D eigenvalue weighted by Crippen LogP contribution is -2.27. The molecule has 0 heterocycles. The van der Waals surface area contributed by atoms with Gasteiger partial charge in [-0.3, -0.25) is 0 Å². The van der Waals surface area contributed by atoms with Gasteiger partial charge in [-0.2, -0.15) is 0 Å². The first-order chi connectivity index (χ1) is 8.54. The van der Waals surface area contributed by atoms with Crippen molar-refractivity contribution < 1.29 is 4.74 Å². The van der Waals surface area contributed by atoms with E-state index in [4.69, 9.17) is 4.74 Å². The van der Waals surface area contributed by atoms with Gasteiger partial charge in [0.2, 0.25) is 0 Å². The summed E-state index contributed by atoms with van der Waals surface area (Å²) in [7, 11) is 0. The second-order valence-corrected chi connectivity index (χ2v) is 6.32. The van der Waals surface area contributed by atoms with Gasteiger partial charge in [0.25, 0.3) is 0 Å². The Balaban J connectivity index is 2.79. The summed E-state index contributed by atoms with van der Waals surface area (Å²) in [4.78, 5) is 0. The molecule has 0 aliphatic carbocycles. The predicted octanol–water partition coefficient (Wildman–Crippen LogP) is 4.68. The molecule has 0 amide bonds. The van der Waals surface area contributed by atoms with E-state index >= 15 is 0 Å². The van der Waals surface area contributed by atoms with Crippen molar-refractivity contribution >= 4 is 31.9 Å². The van der Waals surface area contributed by atoms with Crippen LogP contribution in [0.2, 0.25) is 0 Å². The molecule has 0 saturated carbocycles. The van der Waals surface area contributed by atoms with Crippen molar-refractivity contribution in [1.29, 1.82) is 0 Å². The molecule has 2 nitrogen and oxygen atoms in total. The van der Waals surface area contributed by atoms with Crippen LogP contribution in [0.3, 0.4) is 0 Å². The lowest BCUT2D eigenvalue weighted by atomic mass is 10.1. The minimum atomic E-state index is 0.231. The fourth-order valence-electron chi connectivity index (χ4n) is 1.65. The first kappa shape index (κ1) is 16.2. The SMILES string of the molecule is CCCNC(COC(C)C)c1ccc(Br)cc1Br. The second kappa shape index (κ2) is 8.31. The summed E-state index contributed by atoms with van der Waals surface area (Å²) in [5.41, 5.74) is 1.24. The fraction of sp³-hybridized carbons (Fsp3) is 0.571. The Morgan fingerprint density at radius 3 is 2.56 bits per heavy atom. The summed E-state index contributed by atoms with van der Waals surface area (Å²) in [6.07, 6.45) is 1.37. The number of nitrogens with one attached hydrogen (secondary N) is 1. The van der Waals surface area contributed by atoms with Gasteiger partial charge in [-0.05, 0) is 44.5 Å². The number of ether oxygens (including phenoxy) is 1. The highest BCUT2D eigenvalue weighted by atomic mass is 79.9. The highest BCUT2D eigenvalue weighted by molar-refractivity contribution is 9.11. The van der Waals surface area contributed by atoms with Crippen LogP contribution >= 0.6 is 31.9 Å². The quantitative estimate of drug-likeness (QED) is 0.743. The minimum Gasteiger partial charge on any atom is -0.377 e. The zero-order valence-electron chi connectivity index (χ0n) is 11.2. The molecule has 0 aromatic heterocycles. The largest absolute Gasteiger partial charge is 0.377 e. The van der Waals surface area contributed by atoms with Crippen LogP contribution in [0.25, 0.3) is 0 Å². The van der Waals surface area contributed by atoms with E-state index in [2.05, 4.69) is 76.1 Å². The Labute approximate surface area is 127 Å². The van der Waals surface area contributed by atoms with E-state index in [1.165, 1.54) is 5.56 Å². The van der Waals surface area contributed by atoms with Gasteiger partial charge >= 0.3 is 0 Å². The van der Waals surface area contributed by atoms with Crippen molar-refractivity contribution in [1.82, 2.24) is 5.32 Å². The topological polar surface area (TPSA) is 21.3 Å². The fourth-order valence-corrected chi connectivity index (χ4v) is 2.97. The molecule has 0 fully saturated rings. The highest BCUT2D eigenvalue weighted by Gasteiger charge is 2.14. The van der Waals surface area contributed by atoms with Crippen LogP contribution in [0.4, 0.5) is 0 Å². The maximum Gasteiger partial charge on any atom is 0.0665 e. The maximum absolute atomic E-state index is 5.75. The van der Waals surface area contributed by atoms with E-state index in [-0.39, 0.29) is 12.1 Å². The molecule has 1 aromatic rings. The van der Waals surface area contributed by atoms with Gasteiger partial charge in [0, 0.05) is 8.95 Å². The molecular weight excluding hydrogens is 358 g/mol. The van der Waals surface area contributed by atoms with Crippen molar-refractivity contribution in [3.05, 3.63) is 32.7 Å². The maximum atomic E-state index is 5.75. The molecule has 4 heteroatoms. The van der Waals surface area contributed by atoms with Crippen LogP contribution in [0.15, 0.2) is 27.1 Å². The van der Waals surface area contributed by atoms with Crippen LogP contribution in [-0.2, 0) is 4.74 Å². The lowest BCUT2D eigenvalue weighted by Gasteiger charge is -2.21. The summed E-state index contributed by atoms with van der Waals surface area (Å²) >= 11 is 7.10. The number of rotatable bonds is 7. The summed E-state index contributed by atoms with van der Waals surface area (Å²) in [6, 6.07) is 6.50. The van der Waals surface area contributed by atoms with E-state index in [0.29, 0.717) is 6.61 Å². The van der Waals surface area contributed by atoms with Crippen molar-refractivity contribution in [3.63, 3.8) is 0 Å². The third-order valence-corrected chi connectivity index (χ3v) is 3.75. The molecule has 0 radical (unpaired) electrons. The van der Waals surface area contributed by atoms with E-state index in [9.17, 15) is 0 Å². The van der Waals surface area contributed by atoms with Crippen molar-refractivity contribution in [2.24, 2.45) is 0 Å². The van der Waals surface area contributed by atoms with Gasteiger partial charge in [-0.1, -0.05) is 44.8 Å². The zero-order valence-corrected chi connectivity index (χ0v) is 14.3. The molecule has 102 valence electrons. The normalized spacial score (nSPS) is 13.0. The van der Waals surface area contributed by atoms with Crippen LogP contribution in [0.1, 0.15) is 38.8 Å². The van der Waals surface area contributed by atoms with Gasteiger partial charge in [0.15, 0.2) is 0 Å². The Bertz CT molecular complexity index is 369. The smallest absolute Gasteiger partial charge is 0.0665 e. The van der Waals surface area contributed by atoms with Gasteiger partial charge in [-0.15, -0.1) is 0 Å². The molecule has 1 N–H and O–H groups in total. The Hall–Kier alpha value is 0.1000. The molecular formula is C14H21Br2NO. The van der Waals surface area contributed by atoms with Gasteiger partial charge < -0.3 is 10.1 Å². The average Bonchev–Trinajstić information content (AvgIpc) is 2.30. The molecule has 1 atom stereocenters. The third kappa shape index (κ3) is 5.39. The van der Waals surface area contributed by atoms with E-state index in [0.717, 1.165) is 21.9 Å². The van der Waals surface area contributed by atoms with Crippen LogP contribution in [-0.4, -0.2) is 19.3 Å². The minimum absolute atomic E-state index is 0.231. The zero-order chi connectivity index (χ0) is 13.5. The molecule has 0 spiro atoms. The molecule has 0 aliphatic rings. The Morgan fingerprint density at radius 2 is 2.00 bits per heavy atom. The van der Waals surface area contributed by atoms with Crippen molar-refractivity contribution in [3.8, 4) is 0 Å². The Morgan fingerprint density at radius 1 is 1.28 bits per heavy atom. The summed E-state index contributed by atoms with van der Waals surface area (Å²) in [5.74, 6) is 0. The molecule has 0 bridgehead atoms. The molecule has 1 rings (SSSR count). The molecule has 0 aliphatic heterocycles. The van der Waals surface area contributed by atoms with E-state index in [1.54, 1.807) is 0 Å². The predicted molar refractivity (Wildman–Crippen MR) is 84.0 cm³/mol. The number of benzene rings is 1. The molecule has 0 saturated heterocycles. The van der Waals surface area contributed by atoms with Gasteiger partial charge in [-0.25, -0.2) is 0 Å². The number of halogens is 2.